The first-order valence-electron chi connectivity index (χ1n) is 8.84. The zero-order valence-electron chi connectivity index (χ0n) is 14.3. The molecule has 2 heterocycles. The summed E-state index contributed by atoms with van der Waals surface area (Å²) in [4.78, 5) is 16.5. The van der Waals surface area contributed by atoms with E-state index in [1.807, 2.05) is 4.68 Å². The third-order valence-electron chi connectivity index (χ3n) is 5.23. The lowest BCUT2D eigenvalue weighted by Crippen LogP contribution is -2.41. The minimum absolute atomic E-state index is 0.282. The number of likely N-dealkylation sites (N-methyl/N-ethyl adjacent to an activating group) is 1. The fourth-order valence-electron chi connectivity index (χ4n) is 3.98. The number of hydrogen-bond acceptors (Lipinski definition) is 4. The molecule has 0 saturated carbocycles. The average Bonchev–Trinajstić information content (AvgIpc) is 2.74. The van der Waals surface area contributed by atoms with Crippen LogP contribution in [0.15, 0.2) is 0 Å². The minimum atomic E-state index is -0.882. The minimum Gasteiger partial charge on any atom is -0.476 e. The number of carbonyl (C=O) groups is 1. The molecule has 0 aromatic carbocycles. The SMILES string of the molecule is CCCn1nc(C(=O)O)c2c1CC[C@@H](N1CCCN(C)CC1)C2. The molecule has 1 aromatic rings. The van der Waals surface area contributed by atoms with Gasteiger partial charge in [-0.2, -0.15) is 5.10 Å². The van der Waals surface area contributed by atoms with Gasteiger partial charge in [-0.3, -0.25) is 9.58 Å². The molecule has 128 valence electrons. The van der Waals surface area contributed by atoms with Gasteiger partial charge in [0.2, 0.25) is 0 Å². The van der Waals surface area contributed by atoms with E-state index >= 15 is 0 Å². The molecular weight excluding hydrogens is 292 g/mol. The smallest absolute Gasteiger partial charge is 0.356 e. The molecule has 23 heavy (non-hydrogen) atoms. The average molecular weight is 320 g/mol. The van der Waals surface area contributed by atoms with Crippen molar-refractivity contribution in [2.45, 2.75) is 51.6 Å². The Bertz CT molecular complexity index is 569. The van der Waals surface area contributed by atoms with Crippen LogP contribution >= 0.6 is 0 Å². The zero-order valence-corrected chi connectivity index (χ0v) is 14.3. The van der Waals surface area contributed by atoms with Crippen LogP contribution in [-0.4, -0.2) is 69.9 Å². The van der Waals surface area contributed by atoms with E-state index in [0.29, 0.717) is 6.04 Å². The normalized spacial score (nSPS) is 23.5. The summed E-state index contributed by atoms with van der Waals surface area (Å²) in [5.41, 5.74) is 2.43. The zero-order chi connectivity index (χ0) is 16.4. The molecule has 0 unspecified atom stereocenters. The second-order valence-corrected chi connectivity index (χ2v) is 6.89. The summed E-state index contributed by atoms with van der Waals surface area (Å²) in [6, 6.07) is 0.464. The predicted octanol–water partition coefficient (Wildman–Crippen LogP) is 1.49. The second kappa shape index (κ2) is 7.01. The van der Waals surface area contributed by atoms with Crippen LogP contribution in [0.4, 0.5) is 0 Å². The highest BCUT2D eigenvalue weighted by Gasteiger charge is 2.31. The Balaban J connectivity index is 1.80. The molecular formula is C17H28N4O2. The van der Waals surface area contributed by atoms with Gasteiger partial charge in [0.1, 0.15) is 0 Å². The third kappa shape index (κ3) is 3.43. The van der Waals surface area contributed by atoms with E-state index < -0.39 is 5.97 Å². The Morgan fingerprint density at radius 3 is 2.87 bits per heavy atom. The number of aryl methyl sites for hydroxylation is 1. The third-order valence-corrected chi connectivity index (χ3v) is 5.23. The van der Waals surface area contributed by atoms with Gasteiger partial charge in [-0.25, -0.2) is 4.79 Å². The van der Waals surface area contributed by atoms with Crippen molar-refractivity contribution < 1.29 is 9.90 Å². The van der Waals surface area contributed by atoms with Crippen LogP contribution in [0.1, 0.15) is 47.9 Å². The topological polar surface area (TPSA) is 61.6 Å². The van der Waals surface area contributed by atoms with Crippen molar-refractivity contribution in [2.24, 2.45) is 0 Å². The summed E-state index contributed by atoms with van der Waals surface area (Å²) in [6.45, 7) is 7.38. The Hall–Kier alpha value is -1.40. The Morgan fingerprint density at radius 1 is 1.30 bits per heavy atom. The largest absolute Gasteiger partial charge is 0.476 e. The van der Waals surface area contributed by atoms with Crippen molar-refractivity contribution in [3.8, 4) is 0 Å². The lowest BCUT2D eigenvalue weighted by atomic mass is 9.90. The number of nitrogens with zero attached hydrogens (tertiary/aromatic N) is 4. The van der Waals surface area contributed by atoms with E-state index in [9.17, 15) is 9.90 Å². The molecule has 1 saturated heterocycles. The number of aromatic nitrogens is 2. The summed E-state index contributed by atoms with van der Waals surface area (Å²) in [7, 11) is 2.18. The van der Waals surface area contributed by atoms with Gasteiger partial charge in [0.15, 0.2) is 5.69 Å². The summed E-state index contributed by atoms with van der Waals surface area (Å²) in [5, 5.41) is 13.9. The van der Waals surface area contributed by atoms with E-state index in [1.54, 1.807) is 0 Å². The van der Waals surface area contributed by atoms with Gasteiger partial charge in [0, 0.05) is 36.9 Å². The van der Waals surface area contributed by atoms with Crippen LogP contribution < -0.4 is 0 Å². The summed E-state index contributed by atoms with van der Waals surface area (Å²) >= 11 is 0. The fourth-order valence-corrected chi connectivity index (χ4v) is 3.98. The van der Waals surface area contributed by atoms with Gasteiger partial charge in [-0.1, -0.05) is 6.92 Å². The quantitative estimate of drug-likeness (QED) is 0.911. The molecule has 1 aliphatic carbocycles. The maximum absolute atomic E-state index is 11.6. The van der Waals surface area contributed by atoms with Crippen molar-refractivity contribution in [1.29, 1.82) is 0 Å². The number of carboxylic acids is 1. The van der Waals surface area contributed by atoms with Crippen molar-refractivity contribution in [3.63, 3.8) is 0 Å². The Labute approximate surface area is 138 Å². The highest BCUT2D eigenvalue weighted by atomic mass is 16.4. The van der Waals surface area contributed by atoms with Crippen molar-refractivity contribution in [1.82, 2.24) is 19.6 Å². The number of rotatable bonds is 4. The van der Waals surface area contributed by atoms with Gasteiger partial charge in [-0.15, -0.1) is 0 Å². The maximum atomic E-state index is 11.6. The highest BCUT2D eigenvalue weighted by molar-refractivity contribution is 5.87. The lowest BCUT2D eigenvalue weighted by Gasteiger charge is -2.33. The lowest BCUT2D eigenvalue weighted by molar-refractivity contribution is 0.0687. The van der Waals surface area contributed by atoms with E-state index in [1.165, 1.54) is 6.42 Å². The van der Waals surface area contributed by atoms with Crippen molar-refractivity contribution in [3.05, 3.63) is 17.0 Å². The molecule has 1 aliphatic heterocycles. The van der Waals surface area contributed by atoms with E-state index in [2.05, 4.69) is 28.9 Å². The van der Waals surface area contributed by atoms with Gasteiger partial charge in [-0.05, 0) is 52.2 Å². The molecule has 1 aromatic heterocycles. The Kier molecular flexibility index (Phi) is 5.02. The second-order valence-electron chi connectivity index (χ2n) is 6.89. The van der Waals surface area contributed by atoms with Crippen molar-refractivity contribution >= 4 is 5.97 Å². The fraction of sp³-hybridized carbons (Fsp3) is 0.765. The van der Waals surface area contributed by atoms with Gasteiger partial charge in [0.05, 0.1) is 0 Å². The maximum Gasteiger partial charge on any atom is 0.356 e. The van der Waals surface area contributed by atoms with E-state index in [-0.39, 0.29) is 5.69 Å². The summed E-state index contributed by atoms with van der Waals surface area (Å²) < 4.78 is 1.94. The molecule has 0 radical (unpaired) electrons. The standard InChI is InChI=1S/C17H28N4O2/c1-3-7-21-15-6-5-13(12-14(15)16(18-21)17(22)23)20-9-4-8-19(2)10-11-20/h13H,3-12H2,1-2H3,(H,22,23)/t13-/m1/s1. The van der Waals surface area contributed by atoms with Gasteiger partial charge < -0.3 is 10.0 Å². The molecule has 1 fully saturated rings. The Morgan fingerprint density at radius 2 is 2.13 bits per heavy atom. The summed E-state index contributed by atoms with van der Waals surface area (Å²) in [6.07, 6.45) is 5.08. The van der Waals surface area contributed by atoms with Crippen LogP contribution in [0.5, 0.6) is 0 Å². The first kappa shape index (κ1) is 16.5. The highest BCUT2D eigenvalue weighted by Crippen LogP contribution is 2.28. The molecule has 6 nitrogen and oxygen atoms in total. The van der Waals surface area contributed by atoms with Gasteiger partial charge in [0.25, 0.3) is 0 Å². The van der Waals surface area contributed by atoms with Crippen LogP contribution in [0.2, 0.25) is 0 Å². The first-order chi connectivity index (χ1) is 11.1. The number of aromatic carboxylic acids is 1. The molecule has 1 N–H and O–H groups in total. The summed E-state index contributed by atoms with van der Waals surface area (Å²) in [5.74, 6) is -0.882. The van der Waals surface area contributed by atoms with Crippen LogP contribution in [-0.2, 0) is 19.4 Å². The van der Waals surface area contributed by atoms with Crippen LogP contribution in [0.25, 0.3) is 0 Å². The van der Waals surface area contributed by atoms with E-state index in [4.69, 9.17) is 0 Å². The van der Waals surface area contributed by atoms with E-state index in [0.717, 1.165) is 69.7 Å². The number of fused-ring (bicyclic) bond motifs is 1. The molecule has 0 spiro atoms. The molecule has 6 heteroatoms. The molecule has 3 rings (SSSR count). The van der Waals surface area contributed by atoms with Crippen molar-refractivity contribution in [2.75, 3.05) is 33.2 Å². The molecule has 1 atom stereocenters. The first-order valence-corrected chi connectivity index (χ1v) is 8.84. The predicted molar refractivity (Wildman–Crippen MR) is 89.0 cm³/mol. The van der Waals surface area contributed by atoms with Crippen LogP contribution in [0.3, 0.4) is 0 Å². The van der Waals surface area contributed by atoms with Crippen LogP contribution in [0, 0.1) is 0 Å². The monoisotopic (exact) mass is 320 g/mol. The molecule has 0 bridgehead atoms. The van der Waals surface area contributed by atoms with Gasteiger partial charge >= 0.3 is 5.97 Å². The molecule has 2 aliphatic rings. The number of hydrogen-bond donors (Lipinski definition) is 1. The number of carboxylic acid groups (broad SMARTS) is 1. The molecule has 0 amide bonds.